The standard InChI is InChI=1S/C23H31NO3/c1-5-16-26-22-13-7-6-11-20(22)12-9-15-24-23(25)19(4)27-21-14-8-10-17(2)18(21)3/h6-8,10-11,13-14,19H,5,9,12,15-16H2,1-4H3,(H,24,25)/t19-/m0/s1. The van der Waals surface area contributed by atoms with Crippen LogP contribution in [0.15, 0.2) is 42.5 Å². The number of aryl methyl sites for hydroxylation is 2. The van der Waals surface area contributed by atoms with Gasteiger partial charge in [0.15, 0.2) is 6.10 Å². The summed E-state index contributed by atoms with van der Waals surface area (Å²) in [4.78, 5) is 12.3. The molecule has 4 nitrogen and oxygen atoms in total. The summed E-state index contributed by atoms with van der Waals surface area (Å²) in [6.45, 7) is 9.26. The van der Waals surface area contributed by atoms with Gasteiger partial charge in [-0.1, -0.05) is 37.3 Å². The predicted molar refractivity (Wildman–Crippen MR) is 110 cm³/mol. The number of para-hydroxylation sites is 1. The fraction of sp³-hybridized carbons (Fsp3) is 0.435. The highest BCUT2D eigenvalue weighted by Gasteiger charge is 2.15. The van der Waals surface area contributed by atoms with Crippen LogP contribution in [0.3, 0.4) is 0 Å². The van der Waals surface area contributed by atoms with Crippen molar-refractivity contribution in [1.29, 1.82) is 0 Å². The van der Waals surface area contributed by atoms with E-state index >= 15 is 0 Å². The summed E-state index contributed by atoms with van der Waals surface area (Å²) in [6.07, 6.45) is 2.19. The zero-order valence-electron chi connectivity index (χ0n) is 16.9. The molecule has 0 saturated heterocycles. The van der Waals surface area contributed by atoms with E-state index in [1.807, 2.05) is 50.2 Å². The summed E-state index contributed by atoms with van der Waals surface area (Å²) in [6, 6.07) is 14.0. The third-order valence-corrected chi connectivity index (χ3v) is 4.58. The van der Waals surface area contributed by atoms with Crippen molar-refractivity contribution in [3.8, 4) is 11.5 Å². The van der Waals surface area contributed by atoms with E-state index in [0.29, 0.717) is 6.54 Å². The number of amides is 1. The Balaban J connectivity index is 1.78. The summed E-state index contributed by atoms with van der Waals surface area (Å²) >= 11 is 0. The van der Waals surface area contributed by atoms with Gasteiger partial charge in [-0.05, 0) is 68.9 Å². The van der Waals surface area contributed by atoms with Gasteiger partial charge in [-0.25, -0.2) is 0 Å². The van der Waals surface area contributed by atoms with E-state index in [2.05, 4.69) is 18.3 Å². The van der Waals surface area contributed by atoms with Crippen molar-refractivity contribution in [1.82, 2.24) is 5.32 Å². The smallest absolute Gasteiger partial charge is 0.260 e. The number of nitrogens with one attached hydrogen (secondary N) is 1. The third kappa shape index (κ3) is 6.31. The zero-order chi connectivity index (χ0) is 19.6. The van der Waals surface area contributed by atoms with Gasteiger partial charge in [-0.2, -0.15) is 0 Å². The van der Waals surface area contributed by atoms with Crippen LogP contribution < -0.4 is 14.8 Å². The summed E-state index contributed by atoms with van der Waals surface area (Å²) < 4.78 is 11.6. The normalized spacial score (nSPS) is 11.7. The fourth-order valence-corrected chi connectivity index (χ4v) is 2.79. The second-order valence-corrected chi connectivity index (χ2v) is 6.81. The Kier molecular flexibility index (Phi) is 8.18. The average Bonchev–Trinajstić information content (AvgIpc) is 2.67. The second-order valence-electron chi connectivity index (χ2n) is 6.81. The van der Waals surface area contributed by atoms with Gasteiger partial charge >= 0.3 is 0 Å². The first-order chi connectivity index (χ1) is 13.0. The molecule has 0 bridgehead atoms. The summed E-state index contributed by atoms with van der Waals surface area (Å²) in [5.74, 6) is 1.61. The molecule has 0 spiro atoms. The number of hydrogen-bond acceptors (Lipinski definition) is 3. The number of benzene rings is 2. The Morgan fingerprint density at radius 2 is 1.81 bits per heavy atom. The van der Waals surface area contributed by atoms with Crippen molar-refractivity contribution in [2.45, 2.75) is 53.1 Å². The van der Waals surface area contributed by atoms with E-state index in [4.69, 9.17) is 9.47 Å². The molecule has 2 rings (SSSR count). The van der Waals surface area contributed by atoms with Crippen LogP contribution in [-0.2, 0) is 11.2 Å². The highest BCUT2D eigenvalue weighted by atomic mass is 16.5. The average molecular weight is 370 g/mol. The maximum Gasteiger partial charge on any atom is 0.260 e. The molecule has 2 aromatic carbocycles. The zero-order valence-corrected chi connectivity index (χ0v) is 16.9. The van der Waals surface area contributed by atoms with E-state index in [9.17, 15) is 4.79 Å². The maximum atomic E-state index is 12.3. The molecule has 0 aliphatic heterocycles. The first-order valence-electron chi connectivity index (χ1n) is 9.74. The van der Waals surface area contributed by atoms with Gasteiger partial charge < -0.3 is 14.8 Å². The molecule has 0 heterocycles. The van der Waals surface area contributed by atoms with Crippen LogP contribution in [0.1, 0.15) is 43.4 Å². The maximum absolute atomic E-state index is 12.3. The lowest BCUT2D eigenvalue weighted by Gasteiger charge is -2.17. The molecule has 0 aliphatic rings. The van der Waals surface area contributed by atoms with E-state index in [1.165, 1.54) is 5.56 Å². The lowest BCUT2D eigenvalue weighted by Crippen LogP contribution is -2.37. The van der Waals surface area contributed by atoms with Crippen LogP contribution in [0.5, 0.6) is 11.5 Å². The van der Waals surface area contributed by atoms with Crippen molar-refractivity contribution in [2.75, 3.05) is 13.2 Å². The molecule has 27 heavy (non-hydrogen) atoms. The van der Waals surface area contributed by atoms with E-state index in [-0.39, 0.29) is 5.91 Å². The molecule has 2 aromatic rings. The summed E-state index contributed by atoms with van der Waals surface area (Å²) in [5.41, 5.74) is 3.41. The van der Waals surface area contributed by atoms with Crippen LogP contribution in [0, 0.1) is 13.8 Å². The number of carbonyl (C=O) groups excluding carboxylic acids is 1. The van der Waals surface area contributed by atoms with Crippen molar-refractivity contribution in [3.63, 3.8) is 0 Å². The molecule has 146 valence electrons. The van der Waals surface area contributed by atoms with Gasteiger partial charge in [0.1, 0.15) is 11.5 Å². The molecule has 4 heteroatoms. The Hall–Kier alpha value is -2.49. The molecule has 0 fully saturated rings. The molecule has 1 N–H and O–H groups in total. The molecule has 0 saturated carbocycles. The third-order valence-electron chi connectivity index (χ3n) is 4.58. The monoisotopic (exact) mass is 369 g/mol. The van der Waals surface area contributed by atoms with Gasteiger partial charge in [0, 0.05) is 6.54 Å². The quantitative estimate of drug-likeness (QED) is 0.622. The van der Waals surface area contributed by atoms with Crippen LogP contribution in [0.25, 0.3) is 0 Å². The minimum atomic E-state index is -0.523. The summed E-state index contributed by atoms with van der Waals surface area (Å²) in [7, 11) is 0. The lowest BCUT2D eigenvalue weighted by atomic mass is 10.1. The summed E-state index contributed by atoms with van der Waals surface area (Å²) in [5, 5.41) is 2.96. The lowest BCUT2D eigenvalue weighted by molar-refractivity contribution is -0.127. The van der Waals surface area contributed by atoms with Crippen LogP contribution in [0.4, 0.5) is 0 Å². The number of ether oxygens (including phenoxy) is 2. The molecular weight excluding hydrogens is 338 g/mol. The number of rotatable bonds is 10. The topological polar surface area (TPSA) is 47.6 Å². The van der Waals surface area contributed by atoms with Crippen molar-refractivity contribution < 1.29 is 14.3 Å². The highest BCUT2D eigenvalue weighted by molar-refractivity contribution is 5.80. The van der Waals surface area contributed by atoms with Crippen molar-refractivity contribution >= 4 is 5.91 Å². The van der Waals surface area contributed by atoms with Gasteiger partial charge in [-0.3, -0.25) is 4.79 Å². The van der Waals surface area contributed by atoms with Gasteiger partial charge in [0.2, 0.25) is 0 Å². The molecule has 0 aliphatic carbocycles. The number of carbonyl (C=O) groups is 1. The molecule has 0 radical (unpaired) electrons. The van der Waals surface area contributed by atoms with Crippen LogP contribution in [-0.4, -0.2) is 25.2 Å². The van der Waals surface area contributed by atoms with Crippen molar-refractivity contribution in [3.05, 3.63) is 59.2 Å². The minimum absolute atomic E-state index is 0.0913. The predicted octanol–water partition coefficient (Wildman–Crippen LogP) is 4.61. The molecule has 0 aromatic heterocycles. The first kappa shape index (κ1) is 20.8. The van der Waals surface area contributed by atoms with Crippen molar-refractivity contribution in [2.24, 2.45) is 0 Å². The fourth-order valence-electron chi connectivity index (χ4n) is 2.79. The van der Waals surface area contributed by atoms with Gasteiger partial charge in [-0.15, -0.1) is 0 Å². The minimum Gasteiger partial charge on any atom is -0.493 e. The number of hydrogen-bond donors (Lipinski definition) is 1. The van der Waals surface area contributed by atoms with E-state index in [1.54, 1.807) is 6.92 Å². The second kappa shape index (κ2) is 10.6. The highest BCUT2D eigenvalue weighted by Crippen LogP contribution is 2.22. The Morgan fingerprint density at radius 1 is 1.07 bits per heavy atom. The first-order valence-corrected chi connectivity index (χ1v) is 9.74. The van der Waals surface area contributed by atoms with Crippen LogP contribution in [0.2, 0.25) is 0 Å². The Bertz CT molecular complexity index is 742. The van der Waals surface area contributed by atoms with E-state index in [0.717, 1.165) is 48.5 Å². The molecule has 1 amide bonds. The molecule has 0 unspecified atom stereocenters. The molecular formula is C23H31NO3. The van der Waals surface area contributed by atoms with Gasteiger partial charge in [0.05, 0.1) is 6.61 Å². The SMILES string of the molecule is CCCOc1ccccc1CCCNC(=O)[C@H](C)Oc1cccc(C)c1C. The van der Waals surface area contributed by atoms with Crippen LogP contribution >= 0.6 is 0 Å². The largest absolute Gasteiger partial charge is 0.493 e. The molecule has 1 atom stereocenters. The Morgan fingerprint density at radius 3 is 2.59 bits per heavy atom. The van der Waals surface area contributed by atoms with Gasteiger partial charge in [0.25, 0.3) is 5.91 Å². The Labute approximate surface area is 162 Å². The van der Waals surface area contributed by atoms with E-state index < -0.39 is 6.10 Å².